The summed E-state index contributed by atoms with van der Waals surface area (Å²) < 4.78 is 15.9. The van der Waals surface area contributed by atoms with Crippen LogP contribution in [0.2, 0.25) is 0 Å². The van der Waals surface area contributed by atoms with Gasteiger partial charge in [0.1, 0.15) is 12.0 Å². The van der Waals surface area contributed by atoms with Gasteiger partial charge in [0.25, 0.3) is 0 Å². The fourth-order valence-corrected chi connectivity index (χ4v) is 3.20. The molecule has 0 saturated carbocycles. The summed E-state index contributed by atoms with van der Waals surface area (Å²) in [6.07, 6.45) is 1.22. The fraction of sp³-hybridized carbons (Fsp3) is 0.0952. The number of ketones is 3. The molecule has 0 aliphatic heterocycles. The molecule has 1 aliphatic rings. The highest BCUT2D eigenvalue weighted by Gasteiger charge is 2.37. The second kappa shape index (κ2) is 6.25. The largest absolute Gasteiger partial charge is 0.493 e. The standard InChI is InChI=1S/C21H14O6/c1-25-15-8-7-11(9-16(15)26-2)18(22)14-10-27-21-13-6-4-3-5-12(13)19(23)20(24)17(14)21/h3-10H,1-2H3. The molecular formula is C21H14O6. The lowest BCUT2D eigenvalue weighted by Crippen LogP contribution is -2.22. The second-order valence-electron chi connectivity index (χ2n) is 5.96. The van der Waals surface area contributed by atoms with E-state index in [2.05, 4.69) is 0 Å². The summed E-state index contributed by atoms with van der Waals surface area (Å²) in [4.78, 5) is 38.0. The molecule has 0 spiro atoms. The first-order chi connectivity index (χ1) is 13.1. The Hall–Kier alpha value is -3.67. The van der Waals surface area contributed by atoms with E-state index in [0.717, 1.165) is 0 Å². The number of hydrogen-bond donors (Lipinski definition) is 0. The van der Waals surface area contributed by atoms with Gasteiger partial charge in [-0.05, 0) is 18.2 Å². The van der Waals surface area contributed by atoms with Crippen LogP contribution in [0.4, 0.5) is 0 Å². The summed E-state index contributed by atoms with van der Waals surface area (Å²) in [6, 6.07) is 11.3. The van der Waals surface area contributed by atoms with E-state index in [-0.39, 0.29) is 28.0 Å². The van der Waals surface area contributed by atoms with Crippen LogP contribution in [0.3, 0.4) is 0 Å². The summed E-state index contributed by atoms with van der Waals surface area (Å²) in [5.74, 6) is -0.750. The number of carbonyl (C=O) groups is 3. The number of fused-ring (bicyclic) bond motifs is 3. The van der Waals surface area contributed by atoms with E-state index in [9.17, 15) is 14.4 Å². The summed E-state index contributed by atoms with van der Waals surface area (Å²) >= 11 is 0. The first-order valence-corrected chi connectivity index (χ1v) is 8.13. The van der Waals surface area contributed by atoms with Crippen molar-refractivity contribution in [2.24, 2.45) is 0 Å². The Morgan fingerprint density at radius 2 is 1.59 bits per heavy atom. The number of rotatable bonds is 4. The van der Waals surface area contributed by atoms with Gasteiger partial charge < -0.3 is 13.9 Å². The maximum absolute atomic E-state index is 13.0. The average Bonchev–Trinajstić information content (AvgIpc) is 3.16. The number of furan rings is 1. The summed E-state index contributed by atoms with van der Waals surface area (Å²) in [6.45, 7) is 0. The molecule has 134 valence electrons. The van der Waals surface area contributed by atoms with Crippen molar-refractivity contribution in [2.75, 3.05) is 14.2 Å². The lowest BCUT2D eigenvalue weighted by molar-refractivity contribution is 0.0813. The normalized spacial score (nSPS) is 12.4. The van der Waals surface area contributed by atoms with Gasteiger partial charge in [-0.2, -0.15) is 0 Å². The molecule has 0 N–H and O–H groups in total. The molecule has 6 nitrogen and oxygen atoms in total. The molecule has 2 aromatic carbocycles. The van der Waals surface area contributed by atoms with Crippen molar-refractivity contribution >= 4 is 17.3 Å². The van der Waals surface area contributed by atoms with E-state index in [1.54, 1.807) is 36.4 Å². The first-order valence-electron chi connectivity index (χ1n) is 8.13. The summed E-state index contributed by atoms with van der Waals surface area (Å²) in [7, 11) is 2.96. The number of hydrogen-bond acceptors (Lipinski definition) is 6. The van der Waals surface area contributed by atoms with E-state index in [1.807, 2.05) is 0 Å². The van der Waals surface area contributed by atoms with Crippen molar-refractivity contribution in [3.05, 3.63) is 71.0 Å². The third kappa shape index (κ3) is 2.45. The van der Waals surface area contributed by atoms with E-state index in [0.29, 0.717) is 17.1 Å². The van der Waals surface area contributed by atoms with Gasteiger partial charge in [-0.1, -0.05) is 24.3 Å². The Morgan fingerprint density at radius 1 is 0.889 bits per heavy atom. The summed E-state index contributed by atoms with van der Waals surface area (Å²) in [5.41, 5.74) is 1.11. The first kappa shape index (κ1) is 16.8. The third-order valence-corrected chi connectivity index (χ3v) is 4.53. The van der Waals surface area contributed by atoms with Crippen LogP contribution < -0.4 is 9.47 Å². The molecule has 0 amide bonds. The molecule has 1 aromatic heterocycles. The molecule has 3 aromatic rings. The molecule has 0 bridgehead atoms. The van der Waals surface area contributed by atoms with Crippen LogP contribution in [0.25, 0.3) is 11.3 Å². The smallest absolute Gasteiger partial charge is 0.238 e. The fourth-order valence-electron chi connectivity index (χ4n) is 3.20. The Balaban J connectivity index is 1.85. The van der Waals surface area contributed by atoms with Crippen LogP contribution in [0.5, 0.6) is 11.5 Å². The van der Waals surface area contributed by atoms with Crippen molar-refractivity contribution in [3.63, 3.8) is 0 Å². The van der Waals surface area contributed by atoms with E-state index >= 15 is 0 Å². The van der Waals surface area contributed by atoms with E-state index in [1.165, 1.54) is 26.5 Å². The van der Waals surface area contributed by atoms with Gasteiger partial charge in [0.05, 0.1) is 25.3 Å². The number of Topliss-reactive ketones (excluding diaryl/α,β-unsaturated/α-hetero) is 2. The zero-order valence-electron chi connectivity index (χ0n) is 14.6. The minimum Gasteiger partial charge on any atom is -0.493 e. The Labute approximate surface area is 154 Å². The number of ether oxygens (including phenoxy) is 2. The highest BCUT2D eigenvalue weighted by molar-refractivity contribution is 6.53. The maximum Gasteiger partial charge on any atom is 0.238 e. The highest BCUT2D eigenvalue weighted by Crippen LogP contribution is 2.37. The molecule has 1 heterocycles. The predicted octanol–water partition coefficient (Wildman–Crippen LogP) is 3.57. The second-order valence-corrected chi connectivity index (χ2v) is 5.96. The van der Waals surface area contributed by atoms with Gasteiger partial charge in [-0.3, -0.25) is 14.4 Å². The van der Waals surface area contributed by atoms with Crippen molar-refractivity contribution in [2.45, 2.75) is 0 Å². The molecule has 6 heteroatoms. The number of benzene rings is 2. The van der Waals surface area contributed by atoms with Crippen LogP contribution in [-0.4, -0.2) is 31.6 Å². The molecule has 0 saturated heterocycles. The Kier molecular flexibility index (Phi) is 3.88. The molecule has 4 rings (SSSR count). The van der Waals surface area contributed by atoms with Gasteiger partial charge in [0.2, 0.25) is 11.6 Å². The molecular weight excluding hydrogens is 348 g/mol. The monoisotopic (exact) mass is 362 g/mol. The van der Waals surface area contributed by atoms with Crippen LogP contribution in [-0.2, 0) is 0 Å². The molecule has 0 radical (unpaired) electrons. The van der Waals surface area contributed by atoms with Crippen molar-refractivity contribution < 1.29 is 28.3 Å². The highest BCUT2D eigenvalue weighted by atomic mass is 16.5. The number of carbonyl (C=O) groups excluding carboxylic acids is 3. The van der Waals surface area contributed by atoms with Gasteiger partial charge in [0.15, 0.2) is 17.3 Å². The molecule has 0 atom stereocenters. The van der Waals surface area contributed by atoms with Gasteiger partial charge in [-0.25, -0.2) is 0 Å². The predicted molar refractivity (Wildman–Crippen MR) is 95.8 cm³/mol. The van der Waals surface area contributed by atoms with E-state index < -0.39 is 17.3 Å². The van der Waals surface area contributed by atoms with E-state index in [4.69, 9.17) is 13.9 Å². The van der Waals surface area contributed by atoms with Gasteiger partial charge >= 0.3 is 0 Å². The molecule has 1 aliphatic carbocycles. The minimum atomic E-state index is -0.749. The Morgan fingerprint density at radius 3 is 2.30 bits per heavy atom. The average molecular weight is 362 g/mol. The minimum absolute atomic E-state index is 0.00140. The van der Waals surface area contributed by atoms with Crippen LogP contribution in [0.1, 0.15) is 36.6 Å². The zero-order chi connectivity index (χ0) is 19.1. The quantitative estimate of drug-likeness (QED) is 0.521. The van der Waals surface area contributed by atoms with Crippen LogP contribution in [0, 0.1) is 0 Å². The topological polar surface area (TPSA) is 82.8 Å². The lowest BCUT2D eigenvalue weighted by Gasteiger charge is -2.13. The van der Waals surface area contributed by atoms with Crippen molar-refractivity contribution in [1.29, 1.82) is 0 Å². The Bertz CT molecular complexity index is 1110. The molecule has 0 fully saturated rings. The number of methoxy groups -OCH3 is 2. The van der Waals surface area contributed by atoms with Crippen molar-refractivity contribution in [3.8, 4) is 22.8 Å². The lowest BCUT2D eigenvalue weighted by atomic mass is 9.85. The molecule has 0 unspecified atom stereocenters. The van der Waals surface area contributed by atoms with Crippen LogP contribution in [0.15, 0.2) is 53.1 Å². The van der Waals surface area contributed by atoms with Gasteiger partial charge in [0, 0.05) is 16.7 Å². The van der Waals surface area contributed by atoms with Gasteiger partial charge in [-0.15, -0.1) is 0 Å². The van der Waals surface area contributed by atoms with Crippen LogP contribution >= 0.6 is 0 Å². The summed E-state index contributed by atoms with van der Waals surface area (Å²) in [5, 5.41) is 0. The SMILES string of the molecule is COc1ccc(C(=O)c2coc3c2C(=O)C(=O)c2ccccc2-3)cc1OC. The maximum atomic E-state index is 13.0. The molecule has 27 heavy (non-hydrogen) atoms. The zero-order valence-corrected chi connectivity index (χ0v) is 14.6. The third-order valence-electron chi connectivity index (χ3n) is 4.53. The van der Waals surface area contributed by atoms with Crippen molar-refractivity contribution in [1.82, 2.24) is 0 Å².